The SMILES string of the molecule is NC(=O)CNC(=O)C1(OC(=O)C2CCCC2)CCCC1. The maximum absolute atomic E-state index is 12.2. The Hall–Kier alpha value is -1.59. The molecule has 0 saturated heterocycles. The van der Waals surface area contributed by atoms with Crippen LogP contribution < -0.4 is 11.1 Å². The van der Waals surface area contributed by atoms with Gasteiger partial charge in [-0.3, -0.25) is 14.4 Å². The minimum absolute atomic E-state index is 0.0728. The van der Waals surface area contributed by atoms with E-state index in [0.29, 0.717) is 12.8 Å². The van der Waals surface area contributed by atoms with Crippen LogP contribution in [0, 0.1) is 5.92 Å². The number of hydrogen-bond donors (Lipinski definition) is 2. The Morgan fingerprint density at radius 2 is 1.70 bits per heavy atom. The lowest BCUT2D eigenvalue weighted by atomic mass is 10.00. The van der Waals surface area contributed by atoms with Crippen molar-refractivity contribution in [3.63, 3.8) is 0 Å². The first-order valence-electron chi connectivity index (χ1n) is 7.33. The third kappa shape index (κ3) is 3.29. The summed E-state index contributed by atoms with van der Waals surface area (Å²) in [6.07, 6.45) is 6.52. The van der Waals surface area contributed by atoms with Gasteiger partial charge in [-0.05, 0) is 38.5 Å². The number of ether oxygens (including phenoxy) is 1. The Morgan fingerprint density at radius 1 is 1.10 bits per heavy atom. The van der Waals surface area contributed by atoms with Gasteiger partial charge in [-0.15, -0.1) is 0 Å². The zero-order valence-corrected chi connectivity index (χ0v) is 11.7. The quantitative estimate of drug-likeness (QED) is 0.723. The molecule has 2 aliphatic rings. The van der Waals surface area contributed by atoms with Crippen LogP contribution in [-0.2, 0) is 19.1 Å². The van der Waals surface area contributed by atoms with Crippen LogP contribution in [0.5, 0.6) is 0 Å². The normalized spacial score (nSPS) is 21.6. The fourth-order valence-electron chi connectivity index (χ4n) is 3.09. The van der Waals surface area contributed by atoms with Gasteiger partial charge in [0.2, 0.25) is 5.91 Å². The Labute approximate surface area is 118 Å². The lowest BCUT2D eigenvalue weighted by molar-refractivity contribution is -0.172. The molecule has 3 N–H and O–H groups in total. The van der Waals surface area contributed by atoms with Crippen molar-refractivity contribution in [2.24, 2.45) is 11.7 Å². The van der Waals surface area contributed by atoms with E-state index in [4.69, 9.17) is 10.5 Å². The minimum Gasteiger partial charge on any atom is -0.449 e. The van der Waals surface area contributed by atoms with E-state index in [-0.39, 0.29) is 24.3 Å². The largest absolute Gasteiger partial charge is 0.449 e. The molecule has 0 aliphatic heterocycles. The molecule has 0 spiro atoms. The van der Waals surface area contributed by atoms with Crippen molar-refractivity contribution < 1.29 is 19.1 Å². The van der Waals surface area contributed by atoms with E-state index in [1.54, 1.807) is 0 Å². The second-order valence-corrected chi connectivity index (χ2v) is 5.75. The van der Waals surface area contributed by atoms with E-state index in [1.165, 1.54) is 0 Å². The van der Waals surface area contributed by atoms with Gasteiger partial charge in [0.05, 0.1) is 12.5 Å². The van der Waals surface area contributed by atoms with Crippen molar-refractivity contribution in [1.29, 1.82) is 0 Å². The minimum atomic E-state index is -1.09. The molecule has 2 aliphatic carbocycles. The molecule has 6 heteroatoms. The van der Waals surface area contributed by atoms with E-state index in [0.717, 1.165) is 38.5 Å². The van der Waals surface area contributed by atoms with Crippen LogP contribution in [0.25, 0.3) is 0 Å². The van der Waals surface area contributed by atoms with Crippen LogP contribution in [-0.4, -0.2) is 29.9 Å². The smallest absolute Gasteiger partial charge is 0.309 e. The molecule has 2 fully saturated rings. The number of nitrogens with one attached hydrogen (secondary N) is 1. The summed E-state index contributed by atoms with van der Waals surface area (Å²) in [5.74, 6) is -1.33. The highest BCUT2D eigenvalue weighted by Gasteiger charge is 2.46. The van der Waals surface area contributed by atoms with Gasteiger partial charge in [-0.1, -0.05) is 12.8 Å². The summed E-state index contributed by atoms with van der Waals surface area (Å²) in [7, 11) is 0. The summed E-state index contributed by atoms with van der Waals surface area (Å²) in [6, 6.07) is 0. The number of primary amides is 1. The average molecular weight is 282 g/mol. The van der Waals surface area contributed by atoms with E-state index >= 15 is 0 Å². The summed E-state index contributed by atoms with van der Waals surface area (Å²) in [4.78, 5) is 35.1. The maximum Gasteiger partial charge on any atom is 0.309 e. The van der Waals surface area contributed by atoms with Gasteiger partial charge in [-0.2, -0.15) is 0 Å². The Morgan fingerprint density at radius 3 is 2.25 bits per heavy atom. The van der Waals surface area contributed by atoms with Crippen LogP contribution in [0.3, 0.4) is 0 Å². The molecular formula is C14H22N2O4. The first-order valence-corrected chi connectivity index (χ1v) is 7.33. The van der Waals surface area contributed by atoms with Crippen molar-refractivity contribution in [2.75, 3.05) is 6.54 Å². The van der Waals surface area contributed by atoms with E-state index in [2.05, 4.69) is 5.32 Å². The predicted octanol–water partition coefficient (Wildman–Crippen LogP) is 0.634. The van der Waals surface area contributed by atoms with E-state index in [1.807, 2.05) is 0 Å². The molecule has 2 saturated carbocycles. The molecular weight excluding hydrogens is 260 g/mol. The summed E-state index contributed by atoms with van der Waals surface area (Å²) in [6.45, 7) is -0.221. The molecule has 20 heavy (non-hydrogen) atoms. The van der Waals surface area contributed by atoms with Gasteiger partial charge >= 0.3 is 5.97 Å². The molecule has 6 nitrogen and oxygen atoms in total. The number of carbonyl (C=O) groups is 3. The molecule has 112 valence electrons. The van der Waals surface area contributed by atoms with Crippen LogP contribution in [0.1, 0.15) is 51.4 Å². The lowest BCUT2D eigenvalue weighted by Gasteiger charge is -2.28. The fraction of sp³-hybridized carbons (Fsp3) is 0.786. The van der Waals surface area contributed by atoms with Crippen LogP contribution in [0.15, 0.2) is 0 Å². The number of carbonyl (C=O) groups excluding carboxylic acids is 3. The molecule has 0 heterocycles. The van der Waals surface area contributed by atoms with Gasteiger partial charge < -0.3 is 15.8 Å². The van der Waals surface area contributed by atoms with E-state index in [9.17, 15) is 14.4 Å². The molecule has 2 amide bonds. The Kier molecular flexibility index (Phi) is 4.62. The number of hydrogen-bond acceptors (Lipinski definition) is 4. The van der Waals surface area contributed by atoms with Crippen LogP contribution >= 0.6 is 0 Å². The molecule has 0 aromatic carbocycles. The third-order valence-electron chi connectivity index (χ3n) is 4.23. The van der Waals surface area contributed by atoms with Crippen molar-refractivity contribution in [2.45, 2.75) is 57.0 Å². The summed E-state index contributed by atoms with van der Waals surface area (Å²) < 4.78 is 5.57. The zero-order valence-electron chi connectivity index (χ0n) is 11.7. The highest BCUT2D eigenvalue weighted by atomic mass is 16.6. The molecule has 0 aromatic heterocycles. The number of amides is 2. The second kappa shape index (κ2) is 6.24. The summed E-state index contributed by atoms with van der Waals surface area (Å²) >= 11 is 0. The van der Waals surface area contributed by atoms with Gasteiger partial charge in [0, 0.05) is 0 Å². The van der Waals surface area contributed by atoms with Crippen molar-refractivity contribution in [1.82, 2.24) is 5.32 Å². The maximum atomic E-state index is 12.2. The van der Waals surface area contributed by atoms with Gasteiger partial charge in [0.1, 0.15) is 0 Å². The van der Waals surface area contributed by atoms with Crippen molar-refractivity contribution in [3.05, 3.63) is 0 Å². The van der Waals surface area contributed by atoms with Gasteiger partial charge in [-0.25, -0.2) is 0 Å². The average Bonchev–Trinajstić information content (AvgIpc) is 3.07. The topological polar surface area (TPSA) is 98.5 Å². The van der Waals surface area contributed by atoms with E-state index < -0.39 is 11.5 Å². The van der Waals surface area contributed by atoms with Crippen LogP contribution in [0.2, 0.25) is 0 Å². The molecule has 0 atom stereocenters. The number of nitrogens with two attached hydrogens (primary N) is 1. The molecule has 2 rings (SSSR count). The first-order chi connectivity index (χ1) is 9.53. The molecule has 0 unspecified atom stereocenters. The summed E-state index contributed by atoms with van der Waals surface area (Å²) in [5, 5.41) is 2.47. The molecule has 0 aromatic rings. The fourth-order valence-corrected chi connectivity index (χ4v) is 3.09. The standard InChI is InChI=1S/C14H22N2O4/c15-11(17)9-16-13(19)14(7-3-4-8-14)20-12(18)10-5-1-2-6-10/h10H,1-9H2,(H2,15,17)(H,16,19). The second-order valence-electron chi connectivity index (χ2n) is 5.75. The zero-order chi connectivity index (χ0) is 14.6. The molecule has 0 bridgehead atoms. The third-order valence-corrected chi connectivity index (χ3v) is 4.23. The monoisotopic (exact) mass is 282 g/mol. The van der Waals surface area contributed by atoms with Gasteiger partial charge in [0.15, 0.2) is 5.60 Å². The highest BCUT2D eigenvalue weighted by molar-refractivity contribution is 5.91. The Balaban J connectivity index is 1.99. The Bertz CT molecular complexity index is 396. The van der Waals surface area contributed by atoms with Gasteiger partial charge in [0.25, 0.3) is 5.91 Å². The summed E-state index contributed by atoms with van der Waals surface area (Å²) in [5.41, 5.74) is 3.93. The van der Waals surface area contributed by atoms with Crippen molar-refractivity contribution in [3.8, 4) is 0 Å². The predicted molar refractivity (Wildman–Crippen MR) is 71.5 cm³/mol. The van der Waals surface area contributed by atoms with Crippen molar-refractivity contribution >= 4 is 17.8 Å². The number of rotatable bonds is 5. The number of esters is 1. The molecule has 0 radical (unpaired) electrons. The highest BCUT2D eigenvalue weighted by Crippen LogP contribution is 2.36. The van der Waals surface area contributed by atoms with Crippen LogP contribution in [0.4, 0.5) is 0 Å². The lowest BCUT2D eigenvalue weighted by Crippen LogP contribution is -2.50. The first kappa shape index (κ1) is 14.8.